The van der Waals surface area contributed by atoms with Gasteiger partial charge in [-0.3, -0.25) is 9.79 Å². The first-order chi connectivity index (χ1) is 14.4. The molecule has 6 heteroatoms. The number of nitrogens with one attached hydrogen (secondary N) is 1. The summed E-state index contributed by atoms with van der Waals surface area (Å²) in [4.78, 5) is 24.6. The smallest absolute Gasteiger partial charge is 0.230 e. The molecule has 172 valence electrons. The van der Waals surface area contributed by atoms with Crippen LogP contribution in [0.3, 0.4) is 0 Å². The van der Waals surface area contributed by atoms with Crippen LogP contribution < -0.4 is 10.2 Å². The van der Waals surface area contributed by atoms with Crippen molar-refractivity contribution in [1.29, 1.82) is 0 Å². The van der Waals surface area contributed by atoms with E-state index in [1.54, 1.807) is 11.3 Å². The van der Waals surface area contributed by atoms with Crippen molar-refractivity contribution >= 4 is 33.8 Å². The highest BCUT2D eigenvalue weighted by Crippen LogP contribution is 2.21. The predicted octanol–water partition coefficient (Wildman–Crippen LogP) is 6.76. The molecule has 1 amide bonds. The van der Waals surface area contributed by atoms with Gasteiger partial charge in [-0.2, -0.15) is 0 Å². The van der Waals surface area contributed by atoms with Gasteiger partial charge in [0.05, 0.1) is 6.42 Å². The molecule has 0 unspecified atom stereocenters. The van der Waals surface area contributed by atoms with Crippen LogP contribution in [-0.2, 0) is 17.6 Å². The van der Waals surface area contributed by atoms with E-state index < -0.39 is 0 Å². The molecule has 0 fully saturated rings. The molecule has 0 spiro atoms. The highest BCUT2D eigenvalue weighted by atomic mass is 32.1. The highest BCUT2D eigenvalue weighted by Gasteiger charge is 2.09. The molecule has 0 aliphatic heterocycles. The predicted molar refractivity (Wildman–Crippen MR) is 139 cm³/mol. The summed E-state index contributed by atoms with van der Waals surface area (Å²) in [5.41, 5.74) is 4.62. The van der Waals surface area contributed by atoms with E-state index in [9.17, 15) is 4.79 Å². The van der Waals surface area contributed by atoms with Crippen molar-refractivity contribution < 1.29 is 6.22 Å². The topological polar surface area (TPSA) is 57.6 Å². The number of anilines is 2. The van der Waals surface area contributed by atoms with E-state index in [1.165, 1.54) is 16.2 Å². The molecular weight excluding hydrogens is 404 g/mol. The summed E-state index contributed by atoms with van der Waals surface area (Å²) in [7, 11) is 3.99. The van der Waals surface area contributed by atoms with Gasteiger partial charge in [-0.05, 0) is 56.7 Å². The average Bonchev–Trinajstić information content (AvgIpc) is 3.17. The van der Waals surface area contributed by atoms with Gasteiger partial charge in [0.2, 0.25) is 5.91 Å². The van der Waals surface area contributed by atoms with Crippen molar-refractivity contribution in [3.63, 3.8) is 0 Å². The maximum absolute atomic E-state index is 12.4. The molecule has 2 rings (SSSR count). The highest BCUT2D eigenvalue weighted by molar-refractivity contribution is 7.15. The van der Waals surface area contributed by atoms with Crippen LogP contribution in [-0.4, -0.2) is 30.7 Å². The van der Waals surface area contributed by atoms with Crippen LogP contribution in [0, 0.1) is 0 Å². The molecule has 0 saturated carbocycles. The lowest BCUT2D eigenvalue weighted by Gasteiger charge is -2.13. The Bertz CT molecular complexity index is 890. The fraction of sp³-hybridized carbons (Fsp3) is 0.480. The molecule has 1 aromatic carbocycles. The number of aryl methyl sites for hydroxylation is 1. The van der Waals surface area contributed by atoms with Crippen molar-refractivity contribution in [3.05, 3.63) is 52.7 Å². The monoisotopic (exact) mass is 444 g/mol. The normalized spacial score (nSPS) is 11.8. The Morgan fingerprint density at radius 2 is 2.06 bits per heavy atom. The minimum atomic E-state index is -0.0368. The Kier molecular flexibility index (Phi) is 11.8. The molecule has 0 aliphatic carbocycles. The molecule has 5 nitrogen and oxygen atoms in total. The number of benzene rings is 1. The molecular formula is C25H40N4OS. The Labute approximate surface area is 193 Å². The minimum absolute atomic E-state index is 0. The summed E-state index contributed by atoms with van der Waals surface area (Å²) in [6.07, 6.45) is 9.21. The molecule has 0 radical (unpaired) electrons. The molecule has 0 atom stereocenters. The number of rotatable bonds is 11. The fourth-order valence-electron chi connectivity index (χ4n) is 2.87. The molecule has 1 N–H and O–H groups in total. The number of allylic oxidation sites excluding steroid dienone is 1. The zero-order chi connectivity index (χ0) is 21.9. The number of carbonyl (C=O) groups is 1. The lowest BCUT2D eigenvalue weighted by Crippen LogP contribution is -2.15. The lowest BCUT2D eigenvalue weighted by atomic mass is 10.1. The minimum Gasteiger partial charge on any atom is -0.378 e. The van der Waals surface area contributed by atoms with Gasteiger partial charge < -0.3 is 10.2 Å². The van der Waals surface area contributed by atoms with Gasteiger partial charge in [-0.25, -0.2) is 4.98 Å². The summed E-state index contributed by atoms with van der Waals surface area (Å²) in [6, 6.07) is 8.03. The van der Waals surface area contributed by atoms with E-state index >= 15 is 0 Å². The summed E-state index contributed by atoms with van der Waals surface area (Å²) in [5.74, 6) is -0.0368. The number of nitrogens with zero attached hydrogens (tertiary/aromatic N) is 3. The van der Waals surface area contributed by atoms with Gasteiger partial charge in [0.25, 0.3) is 0 Å². The standard InChI is InChI=1S/C24H34N4OS.CH4.H2/c1-6-18(3)16-25-20(7-2)11-9-13-22-17-26-24(30-22)27-23(29)15-19-10-8-12-21(14-19)28(4)5;;/h8,10,12,14,16-17H,6-7,9,11,13,15H2,1-5H3,(H,26,27,29);1H4;1H/b18-16+,25-20?;;. The molecule has 1 aromatic heterocycles. The van der Waals surface area contributed by atoms with Crippen LogP contribution in [0.4, 0.5) is 10.8 Å². The van der Waals surface area contributed by atoms with Gasteiger partial charge >= 0.3 is 0 Å². The molecule has 0 aliphatic rings. The third-order valence-electron chi connectivity index (χ3n) is 4.91. The number of hydrogen-bond acceptors (Lipinski definition) is 5. The van der Waals surface area contributed by atoms with Crippen LogP contribution in [0.15, 0.2) is 47.2 Å². The van der Waals surface area contributed by atoms with E-state index in [0.29, 0.717) is 11.6 Å². The number of aliphatic imine (C=N–C) groups is 1. The second kappa shape index (κ2) is 13.8. The Morgan fingerprint density at radius 1 is 1.29 bits per heavy atom. The van der Waals surface area contributed by atoms with Crippen molar-refractivity contribution in [2.24, 2.45) is 4.99 Å². The summed E-state index contributed by atoms with van der Waals surface area (Å²) < 4.78 is 0. The van der Waals surface area contributed by atoms with Crippen LogP contribution in [0.25, 0.3) is 0 Å². The van der Waals surface area contributed by atoms with Gasteiger partial charge in [0.1, 0.15) is 0 Å². The Hall–Kier alpha value is -2.47. The largest absolute Gasteiger partial charge is 0.378 e. The van der Waals surface area contributed by atoms with E-state index in [4.69, 9.17) is 0 Å². The quantitative estimate of drug-likeness (QED) is 0.390. The fourth-order valence-corrected chi connectivity index (χ4v) is 3.74. The number of thiazole rings is 1. The number of carbonyl (C=O) groups excluding carboxylic acids is 1. The summed E-state index contributed by atoms with van der Waals surface area (Å²) in [6.45, 7) is 6.42. The molecule has 0 bridgehead atoms. The molecule has 0 saturated heterocycles. The number of aromatic nitrogens is 1. The second-order valence-electron chi connectivity index (χ2n) is 7.65. The van der Waals surface area contributed by atoms with Crippen LogP contribution in [0.1, 0.15) is 65.7 Å². The Morgan fingerprint density at radius 3 is 2.74 bits per heavy atom. The SMILES string of the molecule is C.CCC(CCCc1cnc(NC(=O)Cc2cccc(N(C)C)c2)s1)=N/C=C(\C)CC.[HH]. The van der Waals surface area contributed by atoms with Crippen molar-refractivity contribution in [1.82, 2.24) is 4.98 Å². The third-order valence-corrected chi connectivity index (χ3v) is 5.89. The maximum Gasteiger partial charge on any atom is 0.230 e. The third kappa shape index (κ3) is 9.47. The first-order valence-corrected chi connectivity index (χ1v) is 11.4. The van der Waals surface area contributed by atoms with Crippen LogP contribution >= 0.6 is 11.3 Å². The van der Waals surface area contributed by atoms with Crippen molar-refractivity contribution in [3.8, 4) is 0 Å². The molecule has 31 heavy (non-hydrogen) atoms. The Balaban J connectivity index is 0.00000480. The molecule has 1 heterocycles. The zero-order valence-corrected chi connectivity index (χ0v) is 19.7. The second-order valence-corrected chi connectivity index (χ2v) is 8.77. The van der Waals surface area contributed by atoms with E-state index in [-0.39, 0.29) is 14.8 Å². The first kappa shape index (κ1) is 26.6. The number of amides is 1. The van der Waals surface area contributed by atoms with E-state index in [0.717, 1.165) is 43.4 Å². The maximum atomic E-state index is 12.4. The summed E-state index contributed by atoms with van der Waals surface area (Å²) in [5, 5.41) is 3.60. The van der Waals surface area contributed by atoms with E-state index in [2.05, 4.69) is 36.1 Å². The van der Waals surface area contributed by atoms with Gasteiger partial charge in [-0.15, -0.1) is 11.3 Å². The van der Waals surface area contributed by atoms with Gasteiger partial charge in [-0.1, -0.05) is 39.0 Å². The van der Waals surface area contributed by atoms with E-state index in [1.807, 2.05) is 55.7 Å². The van der Waals surface area contributed by atoms with Crippen molar-refractivity contribution in [2.75, 3.05) is 24.3 Å². The van der Waals surface area contributed by atoms with Crippen LogP contribution in [0.2, 0.25) is 0 Å². The number of hydrogen-bond donors (Lipinski definition) is 1. The van der Waals surface area contributed by atoms with Crippen molar-refractivity contribution in [2.45, 2.75) is 66.7 Å². The average molecular weight is 445 g/mol. The van der Waals surface area contributed by atoms with Gasteiger partial charge in [0.15, 0.2) is 5.13 Å². The summed E-state index contributed by atoms with van der Waals surface area (Å²) >= 11 is 1.56. The van der Waals surface area contributed by atoms with Gasteiger partial charge in [0, 0.05) is 44.2 Å². The van der Waals surface area contributed by atoms with Crippen LogP contribution in [0.5, 0.6) is 0 Å². The first-order valence-electron chi connectivity index (χ1n) is 10.6. The lowest BCUT2D eigenvalue weighted by molar-refractivity contribution is -0.115. The zero-order valence-electron chi connectivity index (χ0n) is 18.9. The molecule has 2 aromatic rings.